The monoisotopic (exact) mass is 445 g/mol. The highest BCUT2D eigenvalue weighted by Crippen LogP contribution is 2.29. The van der Waals surface area contributed by atoms with E-state index in [9.17, 15) is 22.0 Å². The Bertz CT molecular complexity index is 1280. The predicted octanol–water partition coefficient (Wildman–Crippen LogP) is 3.17. The fraction of sp³-hybridized carbons (Fsp3) is 0.273. The first-order valence-corrected chi connectivity index (χ1v) is 11.8. The van der Waals surface area contributed by atoms with E-state index in [1.54, 1.807) is 12.1 Å². The van der Waals surface area contributed by atoms with Crippen LogP contribution >= 0.6 is 0 Å². The van der Waals surface area contributed by atoms with Crippen LogP contribution in [-0.2, 0) is 22.8 Å². The molecule has 6 nitrogen and oxygen atoms in total. The molecule has 1 aromatic heterocycles. The zero-order valence-electron chi connectivity index (χ0n) is 16.9. The Labute approximate surface area is 178 Å². The van der Waals surface area contributed by atoms with Gasteiger partial charge in [-0.25, -0.2) is 17.2 Å². The Kier molecular flexibility index (Phi) is 5.72. The number of carbonyl (C=O) groups excluding carboxylic acids is 1. The molecule has 3 aromatic rings. The smallest absolute Gasteiger partial charge is 0.256 e. The molecule has 9 heteroatoms. The Morgan fingerprint density at radius 1 is 1.16 bits per heavy atom. The van der Waals surface area contributed by atoms with Crippen LogP contribution in [-0.4, -0.2) is 49.3 Å². The number of rotatable bonds is 5. The number of carbonyl (C=O) groups is 1. The molecule has 4 rings (SSSR count). The molecular weight excluding hydrogens is 424 g/mol. The first-order valence-electron chi connectivity index (χ1n) is 9.78. The van der Waals surface area contributed by atoms with Gasteiger partial charge in [-0.1, -0.05) is 18.2 Å². The third-order valence-corrected chi connectivity index (χ3v) is 6.23. The number of nitrogens with zero attached hydrogens (tertiary/aromatic N) is 2. The van der Waals surface area contributed by atoms with Crippen molar-refractivity contribution < 1.29 is 22.0 Å². The first-order chi connectivity index (χ1) is 14.7. The lowest BCUT2D eigenvalue weighted by molar-refractivity contribution is 0.102. The molecule has 1 amide bonds. The van der Waals surface area contributed by atoms with E-state index in [1.165, 1.54) is 12.3 Å². The molecule has 0 aliphatic carbocycles. The van der Waals surface area contributed by atoms with Gasteiger partial charge in [-0.15, -0.1) is 0 Å². The molecule has 0 radical (unpaired) electrons. The van der Waals surface area contributed by atoms with Crippen LogP contribution in [0.3, 0.4) is 0 Å². The summed E-state index contributed by atoms with van der Waals surface area (Å²) < 4.78 is 50.0. The minimum atomic E-state index is -3.11. The zero-order valence-corrected chi connectivity index (χ0v) is 17.7. The van der Waals surface area contributed by atoms with Crippen LogP contribution in [0.2, 0.25) is 0 Å². The molecule has 0 spiro atoms. The second-order valence-electron chi connectivity index (χ2n) is 7.67. The van der Waals surface area contributed by atoms with Gasteiger partial charge in [0.1, 0.15) is 9.84 Å². The van der Waals surface area contributed by atoms with Gasteiger partial charge in [0, 0.05) is 60.7 Å². The van der Waals surface area contributed by atoms with E-state index in [0.29, 0.717) is 42.5 Å². The van der Waals surface area contributed by atoms with Gasteiger partial charge in [0.15, 0.2) is 11.6 Å². The molecule has 1 aliphatic heterocycles. The number of amides is 1. The van der Waals surface area contributed by atoms with E-state index in [2.05, 4.69) is 5.32 Å². The number of aromatic nitrogens is 1. The molecule has 0 bridgehead atoms. The Morgan fingerprint density at radius 3 is 2.68 bits per heavy atom. The number of halogens is 2. The summed E-state index contributed by atoms with van der Waals surface area (Å²) in [5.41, 5.74) is 2.72. The summed E-state index contributed by atoms with van der Waals surface area (Å²) in [6.07, 6.45) is 1.77. The van der Waals surface area contributed by atoms with Crippen molar-refractivity contribution in [1.82, 2.24) is 9.88 Å². The highest BCUT2D eigenvalue weighted by atomic mass is 32.2. The highest BCUT2D eigenvalue weighted by molar-refractivity contribution is 7.90. The lowest BCUT2D eigenvalue weighted by atomic mass is 9.95. The number of para-hydroxylation sites is 1. The van der Waals surface area contributed by atoms with E-state index in [-0.39, 0.29) is 11.4 Å². The molecule has 1 aliphatic rings. The van der Waals surface area contributed by atoms with E-state index in [1.807, 2.05) is 17.0 Å². The summed E-state index contributed by atoms with van der Waals surface area (Å²) in [6, 6.07) is 10.4. The molecule has 0 fully saturated rings. The maximum atomic E-state index is 13.6. The van der Waals surface area contributed by atoms with Crippen LogP contribution in [0.4, 0.5) is 14.5 Å². The molecule has 2 heterocycles. The summed E-state index contributed by atoms with van der Waals surface area (Å²) in [5, 5.41) is 3.30. The summed E-state index contributed by atoms with van der Waals surface area (Å²) in [6.45, 7) is 1.37. The number of pyridine rings is 1. The van der Waals surface area contributed by atoms with Crippen molar-refractivity contribution in [3.8, 4) is 0 Å². The molecule has 0 unspecified atom stereocenters. The number of fused-ring (bicyclic) bond motifs is 2. The number of hydrogen-bond acceptors (Lipinski definition) is 5. The Balaban J connectivity index is 1.72. The van der Waals surface area contributed by atoms with Crippen LogP contribution < -0.4 is 5.32 Å². The third-order valence-electron chi connectivity index (χ3n) is 5.31. The predicted molar refractivity (Wildman–Crippen MR) is 115 cm³/mol. The van der Waals surface area contributed by atoms with Gasteiger partial charge in [0.2, 0.25) is 0 Å². The largest absolute Gasteiger partial charge is 0.322 e. The average molecular weight is 445 g/mol. The number of benzene rings is 2. The number of sulfone groups is 1. The highest BCUT2D eigenvalue weighted by Gasteiger charge is 2.26. The average Bonchev–Trinajstić information content (AvgIpc) is 2.72. The summed E-state index contributed by atoms with van der Waals surface area (Å²) in [7, 11) is -3.11. The topological polar surface area (TPSA) is 79.4 Å². The second-order valence-corrected chi connectivity index (χ2v) is 9.93. The Morgan fingerprint density at radius 2 is 1.94 bits per heavy atom. The number of anilines is 1. The molecule has 31 heavy (non-hydrogen) atoms. The zero-order chi connectivity index (χ0) is 22.2. The molecule has 0 saturated heterocycles. The van der Waals surface area contributed by atoms with Crippen LogP contribution in [0.15, 0.2) is 42.5 Å². The number of nitrogens with one attached hydrogen (secondary N) is 1. The van der Waals surface area contributed by atoms with Crippen molar-refractivity contribution in [1.29, 1.82) is 0 Å². The standard InChI is InChI=1S/C22H21F2N3O3S/c1-31(29,30)11-10-27-9-8-20-16(13-27)21(15-4-2-3-5-19(15)26-20)22(28)25-14-6-7-17(23)18(24)12-14/h2-7,12H,8-11,13H2,1H3,(H,25,28). The summed E-state index contributed by atoms with van der Waals surface area (Å²) in [4.78, 5) is 19.9. The van der Waals surface area contributed by atoms with Gasteiger partial charge in [-0.3, -0.25) is 14.7 Å². The van der Waals surface area contributed by atoms with Crippen molar-refractivity contribution in [2.75, 3.05) is 30.4 Å². The van der Waals surface area contributed by atoms with Gasteiger partial charge in [0.25, 0.3) is 5.91 Å². The summed E-state index contributed by atoms with van der Waals surface area (Å²) >= 11 is 0. The minimum absolute atomic E-state index is 0.0275. The van der Waals surface area contributed by atoms with Crippen molar-refractivity contribution in [2.24, 2.45) is 0 Å². The second kappa shape index (κ2) is 8.32. The van der Waals surface area contributed by atoms with Crippen molar-refractivity contribution in [3.63, 3.8) is 0 Å². The maximum absolute atomic E-state index is 13.6. The number of hydrogen-bond donors (Lipinski definition) is 1. The van der Waals surface area contributed by atoms with E-state index < -0.39 is 27.4 Å². The van der Waals surface area contributed by atoms with Gasteiger partial charge in [-0.2, -0.15) is 0 Å². The lowest BCUT2D eigenvalue weighted by Gasteiger charge is -2.30. The van der Waals surface area contributed by atoms with Crippen LogP contribution in [0, 0.1) is 11.6 Å². The fourth-order valence-electron chi connectivity index (χ4n) is 3.76. The van der Waals surface area contributed by atoms with Crippen molar-refractivity contribution in [3.05, 3.63) is 70.9 Å². The van der Waals surface area contributed by atoms with Gasteiger partial charge < -0.3 is 5.32 Å². The van der Waals surface area contributed by atoms with Gasteiger partial charge >= 0.3 is 0 Å². The third kappa shape index (κ3) is 4.72. The normalized spacial score (nSPS) is 14.4. The van der Waals surface area contributed by atoms with Gasteiger partial charge in [-0.05, 0) is 18.2 Å². The van der Waals surface area contributed by atoms with Crippen molar-refractivity contribution in [2.45, 2.75) is 13.0 Å². The molecule has 162 valence electrons. The van der Waals surface area contributed by atoms with E-state index in [4.69, 9.17) is 4.98 Å². The molecule has 0 saturated carbocycles. The minimum Gasteiger partial charge on any atom is -0.322 e. The molecule has 2 aromatic carbocycles. The van der Waals surface area contributed by atoms with E-state index in [0.717, 1.165) is 23.4 Å². The Hall–Kier alpha value is -2.91. The molecule has 0 atom stereocenters. The fourth-order valence-corrected chi connectivity index (χ4v) is 4.35. The first kappa shape index (κ1) is 21.3. The van der Waals surface area contributed by atoms with Crippen LogP contribution in [0.1, 0.15) is 21.6 Å². The van der Waals surface area contributed by atoms with Crippen LogP contribution in [0.5, 0.6) is 0 Å². The van der Waals surface area contributed by atoms with Gasteiger partial charge in [0.05, 0.1) is 16.8 Å². The molecular formula is C22H21F2N3O3S. The van der Waals surface area contributed by atoms with Crippen LogP contribution in [0.25, 0.3) is 10.9 Å². The van der Waals surface area contributed by atoms with E-state index >= 15 is 0 Å². The lowest BCUT2D eigenvalue weighted by Crippen LogP contribution is -2.36. The quantitative estimate of drug-likeness (QED) is 0.653. The SMILES string of the molecule is CS(=O)(=O)CCN1CCc2nc3ccccc3c(C(=O)Nc3ccc(F)c(F)c3)c2C1. The summed E-state index contributed by atoms with van der Waals surface area (Å²) in [5.74, 6) is -2.47. The van der Waals surface area contributed by atoms with Crippen molar-refractivity contribution >= 4 is 32.3 Å². The maximum Gasteiger partial charge on any atom is 0.256 e. The molecule has 1 N–H and O–H groups in total.